The third-order valence-electron chi connectivity index (χ3n) is 2.41. The summed E-state index contributed by atoms with van der Waals surface area (Å²) in [5.41, 5.74) is 5.45. The standard InChI is InChI=1S/C12H23N3O2S/c1-9(2)12(17)15(8-5-11(13)18)7-4-6-14-10(3)16/h9H,4-8H2,1-3H3,(H2,13,18)(H,14,16). The van der Waals surface area contributed by atoms with Crippen molar-refractivity contribution in [3.63, 3.8) is 0 Å². The number of carbonyl (C=O) groups excluding carboxylic acids is 2. The SMILES string of the molecule is CC(=O)NCCCN(CCC(N)=S)C(=O)C(C)C. The Labute approximate surface area is 114 Å². The topological polar surface area (TPSA) is 75.4 Å². The minimum Gasteiger partial charge on any atom is -0.393 e. The van der Waals surface area contributed by atoms with Crippen LogP contribution in [0.4, 0.5) is 0 Å². The van der Waals surface area contributed by atoms with Crippen LogP contribution in [0.3, 0.4) is 0 Å². The Morgan fingerprint density at radius 3 is 2.39 bits per heavy atom. The van der Waals surface area contributed by atoms with E-state index in [2.05, 4.69) is 5.32 Å². The lowest BCUT2D eigenvalue weighted by atomic mass is 10.1. The summed E-state index contributed by atoms with van der Waals surface area (Å²) in [6.07, 6.45) is 1.27. The summed E-state index contributed by atoms with van der Waals surface area (Å²) in [5.74, 6) is -0.00828. The molecule has 0 spiro atoms. The predicted octanol–water partition coefficient (Wildman–Crippen LogP) is 0.673. The first-order valence-corrected chi connectivity index (χ1v) is 6.57. The van der Waals surface area contributed by atoms with Crippen LogP contribution in [0.1, 0.15) is 33.6 Å². The normalized spacial score (nSPS) is 10.2. The van der Waals surface area contributed by atoms with E-state index in [0.717, 1.165) is 6.42 Å². The maximum Gasteiger partial charge on any atom is 0.225 e. The Morgan fingerprint density at radius 1 is 1.33 bits per heavy atom. The van der Waals surface area contributed by atoms with Gasteiger partial charge < -0.3 is 16.0 Å². The number of hydrogen-bond acceptors (Lipinski definition) is 3. The van der Waals surface area contributed by atoms with Gasteiger partial charge in [-0.05, 0) is 6.42 Å². The second-order valence-corrected chi connectivity index (χ2v) is 5.06. The molecular weight excluding hydrogens is 250 g/mol. The number of nitrogens with two attached hydrogens (primary N) is 1. The molecule has 3 N–H and O–H groups in total. The molecule has 104 valence electrons. The number of hydrogen-bond donors (Lipinski definition) is 2. The molecule has 0 fully saturated rings. The molecule has 0 aliphatic carbocycles. The highest BCUT2D eigenvalue weighted by Gasteiger charge is 2.16. The Morgan fingerprint density at radius 2 is 1.94 bits per heavy atom. The number of thiocarbonyl (C=S) groups is 1. The third-order valence-corrected chi connectivity index (χ3v) is 2.62. The van der Waals surface area contributed by atoms with E-state index in [4.69, 9.17) is 18.0 Å². The van der Waals surface area contributed by atoms with Crippen LogP contribution >= 0.6 is 12.2 Å². The summed E-state index contributed by atoms with van der Waals surface area (Å²) >= 11 is 4.82. The average molecular weight is 273 g/mol. The zero-order chi connectivity index (χ0) is 14.1. The molecule has 6 heteroatoms. The van der Waals surface area contributed by atoms with Crippen molar-refractivity contribution < 1.29 is 9.59 Å². The Kier molecular flexibility index (Phi) is 8.28. The molecular formula is C12H23N3O2S. The second kappa shape index (κ2) is 8.85. The molecule has 0 atom stereocenters. The third kappa shape index (κ3) is 8.00. The van der Waals surface area contributed by atoms with Gasteiger partial charge in [0.25, 0.3) is 0 Å². The van der Waals surface area contributed by atoms with Crippen LogP contribution in [-0.2, 0) is 9.59 Å². The molecule has 0 unspecified atom stereocenters. The summed E-state index contributed by atoms with van der Waals surface area (Å²) in [6.45, 7) is 6.94. The first-order valence-electron chi connectivity index (χ1n) is 6.16. The lowest BCUT2D eigenvalue weighted by Gasteiger charge is -2.24. The quantitative estimate of drug-likeness (QED) is 0.503. The molecule has 0 bridgehead atoms. The second-order valence-electron chi connectivity index (χ2n) is 4.53. The van der Waals surface area contributed by atoms with Gasteiger partial charge in [-0.2, -0.15) is 0 Å². The Balaban J connectivity index is 4.16. The fourth-order valence-corrected chi connectivity index (χ4v) is 1.57. The molecule has 0 aromatic heterocycles. The Hall–Kier alpha value is -1.17. The molecule has 5 nitrogen and oxygen atoms in total. The van der Waals surface area contributed by atoms with Crippen molar-refractivity contribution in [3.8, 4) is 0 Å². The van der Waals surface area contributed by atoms with Crippen molar-refractivity contribution in [2.75, 3.05) is 19.6 Å². The van der Waals surface area contributed by atoms with E-state index in [-0.39, 0.29) is 17.7 Å². The zero-order valence-corrected chi connectivity index (χ0v) is 12.2. The maximum absolute atomic E-state index is 11.9. The van der Waals surface area contributed by atoms with Crippen molar-refractivity contribution in [1.29, 1.82) is 0 Å². The van der Waals surface area contributed by atoms with Crippen LogP contribution in [0.15, 0.2) is 0 Å². The first kappa shape index (κ1) is 16.8. The molecule has 0 rings (SSSR count). The summed E-state index contributed by atoms with van der Waals surface area (Å²) < 4.78 is 0. The van der Waals surface area contributed by atoms with Crippen molar-refractivity contribution in [1.82, 2.24) is 10.2 Å². The van der Waals surface area contributed by atoms with Crippen molar-refractivity contribution in [2.24, 2.45) is 11.7 Å². The van der Waals surface area contributed by atoms with Gasteiger partial charge in [0.1, 0.15) is 0 Å². The van der Waals surface area contributed by atoms with Crippen molar-refractivity contribution in [3.05, 3.63) is 0 Å². The molecule has 0 radical (unpaired) electrons. The first-order chi connectivity index (χ1) is 8.34. The van der Waals surface area contributed by atoms with Gasteiger partial charge in [0.15, 0.2) is 0 Å². The summed E-state index contributed by atoms with van der Waals surface area (Å²) in [7, 11) is 0. The van der Waals surface area contributed by atoms with Gasteiger partial charge >= 0.3 is 0 Å². The monoisotopic (exact) mass is 273 g/mol. The van der Waals surface area contributed by atoms with E-state index in [1.165, 1.54) is 6.92 Å². The Bertz CT molecular complexity index is 306. The van der Waals surface area contributed by atoms with Gasteiger partial charge in [-0.25, -0.2) is 0 Å². The van der Waals surface area contributed by atoms with Crippen LogP contribution in [0.5, 0.6) is 0 Å². The summed E-state index contributed by atoms with van der Waals surface area (Å²) in [4.78, 5) is 24.8. The number of amides is 2. The number of nitrogens with one attached hydrogen (secondary N) is 1. The van der Waals surface area contributed by atoms with Gasteiger partial charge in [-0.3, -0.25) is 9.59 Å². The van der Waals surface area contributed by atoms with Gasteiger partial charge in [-0.15, -0.1) is 0 Å². The minimum absolute atomic E-state index is 0.0443. The maximum atomic E-state index is 11.9. The molecule has 18 heavy (non-hydrogen) atoms. The molecule has 2 amide bonds. The highest BCUT2D eigenvalue weighted by molar-refractivity contribution is 7.80. The summed E-state index contributed by atoms with van der Waals surface area (Å²) in [6, 6.07) is 0. The molecule has 0 aliphatic rings. The number of rotatable bonds is 8. The smallest absolute Gasteiger partial charge is 0.225 e. The molecule has 0 saturated carbocycles. The van der Waals surface area contributed by atoms with Gasteiger partial charge in [-0.1, -0.05) is 26.1 Å². The molecule has 0 aliphatic heterocycles. The van der Waals surface area contributed by atoms with E-state index in [9.17, 15) is 9.59 Å². The molecule has 0 saturated heterocycles. The average Bonchev–Trinajstić information content (AvgIpc) is 2.26. The van der Waals surface area contributed by atoms with E-state index in [1.807, 2.05) is 13.8 Å². The van der Waals surface area contributed by atoms with Gasteiger partial charge in [0.2, 0.25) is 11.8 Å². The highest BCUT2D eigenvalue weighted by Crippen LogP contribution is 2.03. The van der Waals surface area contributed by atoms with Crippen LogP contribution in [0.25, 0.3) is 0 Å². The minimum atomic E-state index is -0.0557. The summed E-state index contributed by atoms with van der Waals surface area (Å²) in [5, 5.41) is 2.71. The van der Waals surface area contributed by atoms with Crippen molar-refractivity contribution in [2.45, 2.75) is 33.6 Å². The lowest BCUT2D eigenvalue weighted by molar-refractivity contribution is -0.134. The lowest BCUT2D eigenvalue weighted by Crippen LogP contribution is -2.38. The molecule has 0 heterocycles. The zero-order valence-electron chi connectivity index (χ0n) is 11.4. The number of carbonyl (C=O) groups is 2. The van der Waals surface area contributed by atoms with Gasteiger partial charge in [0.05, 0.1) is 4.99 Å². The largest absolute Gasteiger partial charge is 0.393 e. The van der Waals surface area contributed by atoms with E-state index < -0.39 is 0 Å². The van der Waals surface area contributed by atoms with Crippen LogP contribution in [0.2, 0.25) is 0 Å². The van der Waals surface area contributed by atoms with E-state index in [1.54, 1.807) is 4.90 Å². The highest BCUT2D eigenvalue weighted by atomic mass is 32.1. The molecule has 0 aromatic rings. The fourth-order valence-electron chi connectivity index (χ4n) is 1.48. The molecule has 0 aromatic carbocycles. The fraction of sp³-hybridized carbons (Fsp3) is 0.750. The predicted molar refractivity (Wildman–Crippen MR) is 76.1 cm³/mol. The van der Waals surface area contributed by atoms with Crippen LogP contribution in [-0.4, -0.2) is 41.3 Å². The van der Waals surface area contributed by atoms with E-state index in [0.29, 0.717) is 31.0 Å². The van der Waals surface area contributed by atoms with Crippen LogP contribution in [0, 0.1) is 5.92 Å². The van der Waals surface area contributed by atoms with E-state index >= 15 is 0 Å². The van der Waals surface area contributed by atoms with Crippen molar-refractivity contribution >= 4 is 29.0 Å². The van der Waals surface area contributed by atoms with Gasteiger partial charge in [0, 0.05) is 38.9 Å². The van der Waals surface area contributed by atoms with Crippen LogP contribution < -0.4 is 11.1 Å². The number of nitrogens with zero attached hydrogens (tertiary/aromatic N) is 1.